The Morgan fingerprint density at radius 2 is 2.11 bits per heavy atom. The summed E-state index contributed by atoms with van der Waals surface area (Å²) < 4.78 is 26.5. The lowest BCUT2D eigenvalue weighted by Crippen LogP contribution is -2.27. The highest BCUT2D eigenvalue weighted by molar-refractivity contribution is 7.89. The van der Waals surface area contributed by atoms with E-state index in [1.807, 2.05) is 13.8 Å². The maximum atomic E-state index is 11.4. The second-order valence-electron chi connectivity index (χ2n) is 4.09. The quantitative estimate of drug-likeness (QED) is 0.782. The van der Waals surface area contributed by atoms with E-state index in [4.69, 9.17) is 0 Å². The van der Waals surface area contributed by atoms with Crippen LogP contribution in [0.4, 0.5) is 5.82 Å². The van der Waals surface area contributed by atoms with Crippen LogP contribution in [0, 0.1) is 13.8 Å². The average molecular weight is 284 g/mol. The van der Waals surface area contributed by atoms with Crippen molar-refractivity contribution in [1.82, 2.24) is 24.3 Å². The third-order valence-corrected chi connectivity index (χ3v) is 4.25. The summed E-state index contributed by atoms with van der Waals surface area (Å²) in [6, 6.07) is 0. The molecule has 0 bridgehead atoms. The molecule has 8 nitrogen and oxygen atoms in total. The first-order valence-corrected chi connectivity index (χ1v) is 7.42. The van der Waals surface area contributed by atoms with Crippen LogP contribution in [0.15, 0.2) is 6.33 Å². The molecule has 0 spiro atoms. The molecule has 0 aliphatic carbocycles. The van der Waals surface area contributed by atoms with Gasteiger partial charge in [-0.15, -0.1) is 0 Å². The van der Waals surface area contributed by atoms with E-state index in [0.717, 1.165) is 11.3 Å². The van der Waals surface area contributed by atoms with Crippen molar-refractivity contribution in [2.45, 2.75) is 13.8 Å². The fourth-order valence-corrected chi connectivity index (χ4v) is 2.22. The zero-order valence-electron chi connectivity index (χ0n) is 11.0. The largest absolute Gasteiger partial charge is 0.369 e. The zero-order chi connectivity index (χ0) is 14.0. The van der Waals surface area contributed by atoms with Crippen molar-refractivity contribution in [2.75, 3.05) is 24.7 Å². The first-order valence-electron chi connectivity index (χ1n) is 5.76. The van der Waals surface area contributed by atoms with Gasteiger partial charge in [-0.2, -0.15) is 14.6 Å². The summed E-state index contributed by atoms with van der Waals surface area (Å²) in [6.45, 7) is 4.06. The molecule has 2 N–H and O–H groups in total. The summed E-state index contributed by atoms with van der Waals surface area (Å²) >= 11 is 0. The van der Waals surface area contributed by atoms with Crippen molar-refractivity contribution >= 4 is 21.6 Å². The van der Waals surface area contributed by atoms with Crippen molar-refractivity contribution in [3.63, 3.8) is 0 Å². The molecular formula is C10H16N6O2S. The van der Waals surface area contributed by atoms with E-state index < -0.39 is 10.0 Å². The van der Waals surface area contributed by atoms with Crippen molar-refractivity contribution < 1.29 is 8.42 Å². The summed E-state index contributed by atoms with van der Waals surface area (Å²) in [7, 11) is -1.83. The van der Waals surface area contributed by atoms with E-state index in [1.165, 1.54) is 13.4 Å². The van der Waals surface area contributed by atoms with E-state index in [2.05, 4.69) is 25.1 Å². The van der Waals surface area contributed by atoms with E-state index in [1.54, 1.807) is 4.52 Å². The summed E-state index contributed by atoms with van der Waals surface area (Å²) in [4.78, 5) is 8.31. The minimum Gasteiger partial charge on any atom is -0.369 e. The fourth-order valence-electron chi connectivity index (χ4n) is 1.65. The van der Waals surface area contributed by atoms with Gasteiger partial charge in [0.15, 0.2) is 0 Å². The van der Waals surface area contributed by atoms with Gasteiger partial charge in [-0.1, -0.05) is 0 Å². The molecule has 9 heteroatoms. The lowest BCUT2D eigenvalue weighted by molar-refractivity contribution is 0.588. The van der Waals surface area contributed by atoms with Crippen LogP contribution in [-0.2, 0) is 10.0 Å². The molecule has 0 atom stereocenters. The summed E-state index contributed by atoms with van der Waals surface area (Å²) in [5.41, 5.74) is 1.75. The molecule has 0 fully saturated rings. The van der Waals surface area contributed by atoms with E-state index in [-0.39, 0.29) is 12.3 Å². The Kier molecular flexibility index (Phi) is 3.67. The molecule has 2 heterocycles. The van der Waals surface area contributed by atoms with Crippen LogP contribution in [-0.4, -0.2) is 47.3 Å². The van der Waals surface area contributed by atoms with Crippen LogP contribution in [0.5, 0.6) is 0 Å². The molecule has 0 amide bonds. The van der Waals surface area contributed by atoms with Crippen LogP contribution < -0.4 is 10.0 Å². The van der Waals surface area contributed by atoms with Gasteiger partial charge >= 0.3 is 0 Å². The highest BCUT2D eigenvalue weighted by atomic mass is 32.2. The number of aryl methyl sites for hydroxylation is 1. The standard InChI is InChI=1S/C10H16N6O2S/c1-7-8(2)15-10-13-6-14-16(10)9(7)12-4-5-19(17,18)11-3/h6,11-12H,4-5H2,1-3H3. The molecule has 104 valence electrons. The van der Waals surface area contributed by atoms with E-state index in [0.29, 0.717) is 11.6 Å². The Hall–Kier alpha value is -1.74. The number of hydrogen-bond donors (Lipinski definition) is 2. The second kappa shape index (κ2) is 5.10. The zero-order valence-corrected chi connectivity index (χ0v) is 11.8. The molecule has 0 aliphatic heterocycles. The van der Waals surface area contributed by atoms with Crippen LogP contribution in [0.25, 0.3) is 5.78 Å². The number of nitrogens with one attached hydrogen (secondary N) is 2. The van der Waals surface area contributed by atoms with Crippen LogP contribution in [0.3, 0.4) is 0 Å². The number of nitrogens with zero attached hydrogens (tertiary/aromatic N) is 4. The Labute approximate surface area is 111 Å². The Bertz CT molecular complexity index is 693. The summed E-state index contributed by atoms with van der Waals surface area (Å²) in [5, 5.41) is 7.15. The minimum absolute atomic E-state index is 0.0134. The third kappa shape index (κ3) is 2.82. The van der Waals surface area contributed by atoms with Gasteiger partial charge in [0.05, 0.1) is 5.75 Å². The Morgan fingerprint density at radius 3 is 2.79 bits per heavy atom. The lowest BCUT2D eigenvalue weighted by Gasteiger charge is -2.12. The van der Waals surface area contributed by atoms with Crippen molar-refractivity contribution in [3.8, 4) is 0 Å². The SMILES string of the molecule is CNS(=O)(=O)CCNc1c(C)c(C)nc2ncnn12. The molecule has 0 saturated heterocycles. The average Bonchev–Trinajstić information content (AvgIpc) is 2.81. The number of sulfonamides is 1. The summed E-state index contributed by atoms with van der Waals surface area (Å²) in [5.74, 6) is 1.19. The van der Waals surface area contributed by atoms with Crippen LogP contribution >= 0.6 is 0 Å². The van der Waals surface area contributed by atoms with E-state index in [9.17, 15) is 8.42 Å². The Morgan fingerprint density at radius 1 is 1.37 bits per heavy atom. The topological polar surface area (TPSA) is 101 Å². The van der Waals surface area contributed by atoms with Gasteiger partial charge in [-0.05, 0) is 20.9 Å². The Balaban J connectivity index is 2.25. The molecule has 2 rings (SSSR count). The number of anilines is 1. The van der Waals surface area contributed by atoms with Crippen molar-refractivity contribution in [2.24, 2.45) is 0 Å². The molecule has 19 heavy (non-hydrogen) atoms. The van der Waals surface area contributed by atoms with Crippen LogP contribution in [0.1, 0.15) is 11.3 Å². The van der Waals surface area contributed by atoms with Gasteiger partial charge in [0, 0.05) is 17.8 Å². The number of rotatable bonds is 5. The number of hydrogen-bond acceptors (Lipinski definition) is 6. The maximum absolute atomic E-state index is 11.4. The maximum Gasteiger partial charge on any atom is 0.254 e. The van der Waals surface area contributed by atoms with Gasteiger partial charge in [-0.3, -0.25) is 0 Å². The number of fused-ring (bicyclic) bond motifs is 1. The second-order valence-corrected chi connectivity index (χ2v) is 6.14. The minimum atomic E-state index is -3.23. The summed E-state index contributed by atoms with van der Waals surface area (Å²) in [6.07, 6.45) is 1.41. The fraction of sp³-hybridized carbons (Fsp3) is 0.500. The molecule has 0 saturated carbocycles. The van der Waals surface area contributed by atoms with E-state index >= 15 is 0 Å². The predicted octanol–water partition coefficient (Wildman–Crippen LogP) is -0.298. The normalized spacial score (nSPS) is 11.9. The van der Waals surface area contributed by atoms with Gasteiger partial charge in [0.1, 0.15) is 12.1 Å². The molecule has 0 unspecified atom stereocenters. The van der Waals surface area contributed by atoms with Gasteiger partial charge < -0.3 is 5.32 Å². The molecular weight excluding hydrogens is 268 g/mol. The molecule has 0 radical (unpaired) electrons. The highest BCUT2D eigenvalue weighted by Crippen LogP contribution is 2.17. The predicted molar refractivity (Wildman–Crippen MR) is 71.6 cm³/mol. The lowest BCUT2D eigenvalue weighted by atomic mass is 10.2. The van der Waals surface area contributed by atoms with Gasteiger partial charge in [0.2, 0.25) is 10.0 Å². The first kappa shape index (κ1) is 13.7. The van der Waals surface area contributed by atoms with Crippen molar-refractivity contribution in [1.29, 1.82) is 0 Å². The molecule has 0 aromatic carbocycles. The highest BCUT2D eigenvalue weighted by Gasteiger charge is 2.12. The van der Waals surface area contributed by atoms with Crippen molar-refractivity contribution in [3.05, 3.63) is 17.6 Å². The molecule has 0 aliphatic rings. The monoisotopic (exact) mass is 284 g/mol. The van der Waals surface area contributed by atoms with Crippen LogP contribution in [0.2, 0.25) is 0 Å². The van der Waals surface area contributed by atoms with Gasteiger partial charge in [-0.25, -0.2) is 18.1 Å². The molecule has 2 aromatic heterocycles. The number of aromatic nitrogens is 4. The first-order chi connectivity index (χ1) is 8.94. The smallest absolute Gasteiger partial charge is 0.254 e. The third-order valence-electron chi connectivity index (χ3n) is 2.88. The van der Waals surface area contributed by atoms with Gasteiger partial charge in [0.25, 0.3) is 5.78 Å². The molecule has 2 aromatic rings.